The van der Waals surface area contributed by atoms with Gasteiger partial charge in [-0.2, -0.15) is 0 Å². The summed E-state index contributed by atoms with van der Waals surface area (Å²) < 4.78 is 0. The van der Waals surface area contributed by atoms with E-state index in [1.165, 1.54) is 0 Å². The largest absolute Gasteiger partial charge is 0.870 e. The van der Waals surface area contributed by atoms with E-state index < -0.39 is 0 Å². The molecule has 0 heterocycles. The average molecular weight is 120 g/mol. The normalized spacial score (nSPS) is 3.60. The SMILES string of the molecule is CC[SH2+].[Ca].[OH-]. The van der Waals surface area contributed by atoms with E-state index in [-0.39, 0.29) is 43.2 Å². The van der Waals surface area contributed by atoms with Crippen LogP contribution in [0.25, 0.3) is 0 Å². The molecule has 0 aromatic heterocycles. The van der Waals surface area contributed by atoms with Gasteiger partial charge in [-0.3, -0.25) is 0 Å². The Balaban J connectivity index is -0.0000000200. The summed E-state index contributed by atoms with van der Waals surface area (Å²) >= 11 is 3.18. The van der Waals surface area contributed by atoms with Crippen molar-refractivity contribution in [3.63, 3.8) is 0 Å². The van der Waals surface area contributed by atoms with Crippen LogP contribution in [-0.2, 0) is 12.6 Å². The molecule has 0 fully saturated rings. The molecule has 0 atom stereocenters. The monoisotopic (exact) mass is 120 g/mol. The van der Waals surface area contributed by atoms with E-state index in [9.17, 15) is 0 Å². The molecule has 0 amide bonds. The topological polar surface area (TPSA) is 30.0 Å². The van der Waals surface area contributed by atoms with Gasteiger partial charge in [-0.25, -0.2) is 0 Å². The molecule has 0 rings (SSSR count). The molecule has 2 radical (unpaired) electrons. The minimum atomic E-state index is 0. The van der Waals surface area contributed by atoms with Gasteiger partial charge in [-0.1, -0.05) is 0 Å². The van der Waals surface area contributed by atoms with E-state index >= 15 is 0 Å². The third-order valence-electron chi connectivity index (χ3n) is 0. The Labute approximate surface area is 67.9 Å². The van der Waals surface area contributed by atoms with Crippen molar-refractivity contribution in [2.45, 2.75) is 6.92 Å². The molecule has 0 aliphatic heterocycles. The van der Waals surface area contributed by atoms with Gasteiger partial charge >= 0.3 is 0 Å². The molecular formula is C2H8CaOS. The second-order valence-electron chi connectivity index (χ2n) is 0.354. The Kier molecular flexibility index (Phi) is 56.3. The quantitative estimate of drug-likeness (QED) is 0.312. The van der Waals surface area contributed by atoms with Crippen molar-refractivity contribution >= 4 is 50.4 Å². The van der Waals surface area contributed by atoms with Crippen LogP contribution < -0.4 is 0 Å². The number of rotatable bonds is 0. The molecule has 1 nitrogen and oxygen atoms in total. The fourth-order valence-electron chi connectivity index (χ4n) is 0. The molecule has 5 heavy (non-hydrogen) atoms. The van der Waals surface area contributed by atoms with E-state index in [0.717, 1.165) is 5.75 Å². The van der Waals surface area contributed by atoms with Gasteiger partial charge in [0.25, 0.3) is 0 Å². The van der Waals surface area contributed by atoms with Crippen LogP contribution in [0.1, 0.15) is 6.92 Å². The summed E-state index contributed by atoms with van der Waals surface area (Å²) in [5.74, 6) is 1.06. The molecule has 0 saturated heterocycles. The smallest absolute Gasteiger partial charge is 0.100 e. The van der Waals surface area contributed by atoms with Crippen LogP contribution in [0.15, 0.2) is 0 Å². The Morgan fingerprint density at radius 2 is 1.60 bits per heavy atom. The van der Waals surface area contributed by atoms with Gasteiger partial charge in [0.2, 0.25) is 0 Å². The fraction of sp³-hybridized carbons (Fsp3) is 1.00. The first kappa shape index (κ1) is 16.0. The standard InChI is InChI=1S/C2H6S.Ca.H2O/c1-2-3;;/h3H,2H2,1H3;;1H2. The average Bonchev–Trinajstić information content (AvgIpc) is 0.918. The first-order valence-electron chi connectivity index (χ1n) is 1.06. The van der Waals surface area contributed by atoms with Gasteiger partial charge in [-0.15, -0.1) is 0 Å². The van der Waals surface area contributed by atoms with Crippen LogP contribution in [0.4, 0.5) is 0 Å². The third-order valence-corrected chi connectivity index (χ3v) is 0. The maximum atomic E-state index is 3.18. The first-order valence-corrected chi connectivity index (χ1v) is 1.77. The molecule has 0 bridgehead atoms. The molecule has 1 N–H and O–H groups in total. The van der Waals surface area contributed by atoms with Crippen LogP contribution in [0.3, 0.4) is 0 Å². The Morgan fingerprint density at radius 3 is 1.60 bits per heavy atom. The summed E-state index contributed by atoms with van der Waals surface area (Å²) in [6.07, 6.45) is 0. The van der Waals surface area contributed by atoms with Crippen LogP contribution in [-0.4, -0.2) is 49.0 Å². The van der Waals surface area contributed by atoms with Crippen LogP contribution in [0, 0.1) is 0 Å². The van der Waals surface area contributed by atoms with Gasteiger partial charge in [0.05, 0.1) is 0 Å². The predicted octanol–water partition coefficient (Wildman–Crippen LogP) is -0.540. The second-order valence-corrected chi connectivity index (χ2v) is 1.06. The Hall–Kier alpha value is 1.57. The van der Waals surface area contributed by atoms with Crippen molar-refractivity contribution in [2.24, 2.45) is 0 Å². The molecule has 3 heteroatoms. The fourth-order valence-corrected chi connectivity index (χ4v) is 0. The summed E-state index contributed by atoms with van der Waals surface area (Å²) in [5, 5.41) is 0. The number of hydrogen-bond acceptors (Lipinski definition) is 1. The van der Waals surface area contributed by atoms with Crippen molar-refractivity contribution in [3.8, 4) is 0 Å². The van der Waals surface area contributed by atoms with Gasteiger partial charge in [0.1, 0.15) is 5.75 Å². The van der Waals surface area contributed by atoms with E-state index in [0.29, 0.717) is 0 Å². The van der Waals surface area contributed by atoms with Gasteiger partial charge < -0.3 is 5.48 Å². The Bertz CT molecular complexity index is 9.61. The maximum absolute atomic E-state index is 3.18. The van der Waals surface area contributed by atoms with Crippen molar-refractivity contribution in [2.75, 3.05) is 5.75 Å². The summed E-state index contributed by atoms with van der Waals surface area (Å²) in [6, 6.07) is 0. The Morgan fingerprint density at radius 1 is 1.60 bits per heavy atom. The summed E-state index contributed by atoms with van der Waals surface area (Å²) in [4.78, 5) is 0. The molecule has 0 aliphatic rings. The van der Waals surface area contributed by atoms with Gasteiger partial charge in [0, 0.05) is 37.7 Å². The first-order chi connectivity index (χ1) is 1.41. The van der Waals surface area contributed by atoms with Crippen LogP contribution in [0.5, 0.6) is 0 Å². The van der Waals surface area contributed by atoms with Crippen LogP contribution >= 0.6 is 0 Å². The molecule has 0 aromatic rings. The van der Waals surface area contributed by atoms with Crippen molar-refractivity contribution in [1.82, 2.24) is 0 Å². The zero-order valence-corrected chi connectivity index (χ0v) is 6.57. The third kappa shape index (κ3) is 28.8. The summed E-state index contributed by atoms with van der Waals surface area (Å²) in [6.45, 7) is 2.04. The summed E-state index contributed by atoms with van der Waals surface area (Å²) in [7, 11) is 0. The van der Waals surface area contributed by atoms with E-state index in [1.807, 2.05) is 6.92 Å². The number of hydrogen-bond donors (Lipinski definition) is 0. The van der Waals surface area contributed by atoms with Crippen molar-refractivity contribution < 1.29 is 5.48 Å². The molecule has 0 aliphatic carbocycles. The zero-order valence-electron chi connectivity index (χ0n) is 3.36. The van der Waals surface area contributed by atoms with Crippen molar-refractivity contribution in [3.05, 3.63) is 0 Å². The maximum Gasteiger partial charge on any atom is 0.100 e. The molecule has 0 spiro atoms. The van der Waals surface area contributed by atoms with Gasteiger partial charge in [-0.05, 0) is 19.6 Å². The second kappa shape index (κ2) is 17.6. The molecule has 0 aromatic carbocycles. The van der Waals surface area contributed by atoms with E-state index in [1.54, 1.807) is 0 Å². The summed E-state index contributed by atoms with van der Waals surface area (Å²) in [5.41, 5.74) is 0. The predicted molar refractivity (Wildman–Crippen MR) is 28.4 cm³/mol. The molecule has 30 valence electrons. The molecule has 0 unspecified atom stereocenters. The van der Waals surface area contributed by atoms with E-state index in [4.69, 9.17) is 0 Å². The minimum Gasteiger partial charge on any atom is -0.870 e. The van der Waals surface area contributed by atoms with Gasteiger partial charge in [0.15, 0.2) is 0 Å². The van der Waals surface area contributed by atoms with Crippen LogP contribution in [0.2, 0.25) is 0 Å². The minimum absolute atomic E-state index is 0. The molecular weight excluding hydrogens is 112 g/mol. The zero-order chi connectivity index (χ0) is 2.71. The van der Waals surface area contributed by atoms with Crippen molar-refractivity contribution in [1.29, 1.82) is 0 Å². The van der Waals surface area contributed by atoms with E-state index in [2.05, 4.69) is 12.6 Å². The molecule has 0 saturated carbocycles.